The van der Waals surface area contributed by atoms with Crippen molar-refractivity contribution in [2.24, 2.45) is 5.92 Å². The standard InChI is InChI=1S/C14H15Cl3N2O2/c1-7(2)13(14(20)21-3)19-11-5-9(17)8(16)4-10(11)18-12(19)6-15/h4-5,7,13H,6H2,1-3H3. The molecule has 0 aliphatic carbocycles. The van der Waals surface area contributed by atoms with E-state index in [1.807, 2.05) is 13.8 Å². The molecule has 2 rings (SSSR count). The van der Waals surface area contributed by atoms with Gasteiger partial charge in [0.15, 0.2) is 0 Å². The first kappa shape index (κ1) is 16.4. The first-order chi connectivity index (χ1) is 9.90. The van der Waals surface area contributed by atoms with E-state index in [4.69, 9.17) is 39.5 Å². The molecule has 1 heterocycles. The van der Waals surface area contributed by atoms with Crippen LogP contribution in [0.25, 0.3) is 11.0 Å². The second-order valence-electron chi connectivity index (χ2n) is 5.00. The van der Waals surface area contributed by atoms with Gasteiger partial charge in [-0.3, -0.25) is 0 Å². The van der Waals surface area contributed by atoms with Crippen LogP contribution < -0.4 is 0 Å². The van der Waals surface area contributed by atoms with Gasteiger partial charge in [-0.25, -0.2) is 9.78 Å². The largest absolute Gasteiger partial charge is 0.467 e. The van der Waals surface area contributed by atoms with E-state index in [1.165, 1.54) is 7.11 Å². The van der Waals surface area contributed by atoms with Crippen LogP contribution in [-0.4, -0.2) is 22.6 Å². The van der Waals surface area contributed by atoms with Crippen LogP contribution in [0.3, 0.4) is 0 Å². The van der Waals surface area contributed by atoms with E-state index in [0.717, 1.165) is 0 Å². The summed E-state index contributed by atoms with van der Waals surface area (Å²) in [6, 6.07) is 2.84. The van der Waals surface area contributed by atoms with E-state index in [2.05, 4.69) is 4.98 Å². The van der Waals surface area contributed by atoms with Crippen molar-refractivity contribution < 1.29 is 9.53 Å². The number of halogens is 3. The predicted molar refractivity (Wildman–Crippen MR) is 85.2 cm³/mol. The monoisotopic (exact) mass is 348 g/mol. The number of rotatable bonds is 4. The minimum Gasteiger partial charge on any atom is -0.467 e. The van der Waals surface area contributed by atoms with Gasteiger partial charge in [-0.1, -0.05) is 37.0 Å². The lowest BCUT2D eigenvalue weighted by molar-refractivity contribution is -0.145. The molecule has 114 valence electrons. The number of aromatic nitrogens is 2. The van der Waals surface area contributed by atoms with Gasteiger partial charge in [0.05, 0.1) is 34.1 Å². The second kappa shape index (κ2) is 6.42. The number of fused-ring (bicyclic) bond motifs is 1. The first-order valence-electron chi connectivity index (χ1n) is 6.40. The van der Waals surface area contributed by atoms with Crippen molar-refractivity contribution in [2.75, 3.05) is 7.11 Å². The molecule has 0 radical (unpaired) electrons. The van der Waals surface area contributed by atoms with Gasteiger partial charge >= 0.3 is 5.97 Å². The van der Waals surface area contributed by atoms with Gasteiger partial charge in [-0.05, 0) is 18.1 Å². The van der Waals surface area contributed by atoms with E-state index in [1.54, 1.807) is 16.7 Å². The Bertz CT molecular complexity index is 682. The van der Waals surface area contributed by atoms with Crippen molar-refractivity contribution in [3.8, 4) is 0 Å². The normalized spacial score (nSPS) is 12.9. The summed E-state index contributed by atoms with van der Waals surface area (Å²) in [6.45, 7) is 3.87. The average Bonchev–Trinajstić information content (AvgIpc) is 2.77. The number of carbonyl (C=O) groups is 1. The minimum atomic E-state index is -0.522. The van der Waals surface area contributed by atoms with E-state index in [0.29, 0.717) is 26.9 Å². The highest BCUT2D eigenvalue weighted by Crippen LogP contribution is 2.33. The Morgan fingerprint density at radius 2 is 1.95 bits per heavy atom. The fourth-order valence-corrected chi connectivity index (χ4v) is 2.85. The number of imidazole rings is 1. The molecule has 1 aromatic heterocycles. The number of esters is 1. The number of benzene rings is 1. The summed E-state index contributed by atoms with van der Waals surface area (Å²) in [5.41, 5.74) is 1.36. The van der Waals surface area contributed by atoms with Gasteiger partial charge in [-0.2, -0.15) is 0 Å². The molecule has 0 aliphatic heterocycles. The highest BCUT2D eigenvalue weighted by Gasteiger charge is 2.29. The van der Waals surface area contributed by atoms with Crippen LogP contribution in [-0.2, 0) is 15.4 Å². The van der Waals surface area contributed by atoms with Crippen LogP contribution in [0.5, 0.6) is 0 Å². The topological polar surface area (TPSA) is 44.1 Å². The lowest BCUT2D eigenvalue weighted by atomic mass is 10.0. The third-order valence-electron chi connectivity index (χ3n) is 3.28. The van der Waals surface area contributed by atoms with Crippen molar-refractivity contribution in [3.05, 3.63) is 28.0 Å². The molecule has 0 amide bonds. The first-order valence-corrected chi connectivity index (χ1v) is 7.69. The van der Waals surface area contributed by atoms with Gasteiger partial charge in [0.1, 0.15) is 11.9 Å². The second-order valence-corrected chi connectivity index (χ2v) is 6.08. The molecule has 1 aromatic carbocycles. The number of hydrogen-bond acceptors (Lipinski definition) is 3. The van der Waals surface area contributed by atoms with Crippen LogP contribution in [0.15, 0.2) is 12.1 Å². The molecule has 0 N–H and O–H groups in total. The van der Waals surface area contributed by atoms with E-state index in [-0.39, 0.29) is 17.8 Å². The molecule has 0 saturated heterocycles. The summed E-state index contributed by atoms with van der Waals surface area (Å²) in [7, 11) is 1.36. The van der Waals surface area contributed by atoms with Crippen molar-refractivity contribution in [1.29, 1.82) is 0 Å². The lowest BCUT2D eigenvalue weighted by Gasteiger charge is -2.22. The molecule has 2 aromatic rings. The zero-order valence-corrected chi connectivity index (χ0v) is 14.1. The molecular weight excluding hydrogens is 335 g/mol. The molecule has 1 unspecified atom stereocenters. The molecule has 7 heteroatoms. The highest BCUT2D eigenvalue weighted by atomic mass is 35.5. The molecular formula is C14H15Cl3N2O2. The van der Waals surface area contributed by atoms with Crippen LogP contribution >= 0.6 is 34.8 Å². The third kappa shape index (κ3) is 2.98. The molecule has 4 nitrogen and oxygen atoms in total. The number of methoxy groups -OCH3 is 1. The van der Waals surface area contributed by atoms with Crippen LogP contribution in [0.1, 0.15) is 25.7 Å². The number of hydrogen-bond donors (Lipinski definition) is 0. The van der Waals surface area contributed by atoms with Crippen molar-refractivity contribution in [3.63, 3.8) is 0 Å². The number of nitrogens with zero attached hydrogens (tertiary/aromatic N) is 2. The summed E-state index contributed by atoms with van der Waals surface area (Å²) in [5.74, 6) is 0.409. The maximum atomic E-state index is 12.1. The Morgan fingerprint density at radius 1 is 1.33 bits per heavy atom. The zero-order chi connectivity index (χ0) is 15.7. The summed E-state index contributed by atoms with van der Waals surface area (Å²) < 4.78 is 6.69. The van der Waals surface area contributed by atoms with Gasteiger partial charge in [0, 0.05) is 0 Å². The molecule has 0 aliphatic rings. The zero-order valence-electron chi connectivity index (χ0n) is 11.9. The summed E-state index contributed by atoms with van der Waals surface area (Å²) in [4.78, 5) is 16.6. The Balaban J connectivity index is 2.75. The number of carbonyl (C=O) groups excluding carboxylic acids is 1. The third-order valence-corrected chi connectivity index (χ3v) is 4.24. The molecule has 0 saturated carbocycles. The molecule has 0 fully saturated rings. The van der Waals surface area contributed by atoms with Gasteiger partial charge in [-0.15, -0.1) is 11.6 Å². The Labute approximate surface area is 137 Å². The van der Waals surface area contributed by atoms with Crippen LogP contribution in [0.2, 0.25) is 10.0 Å². The average molecular weight is 350 g/mol. The fraction of sp³-hybridized carbons (Fsp3) is 0.429. The molecule has 0 spiro atoms. The van der Waals surface area contributed by atoms with Crippen molar-refractivity contribution in [2.45, 2.75) is 25.8 Å². The maximum absolute atomic E-state index is 12.1. The van der Waals surface area contributed by atoms with E-state index in [9.17, 15) is 4.79 Å². The molecule has 0 bridgehead atoms. The fourth-order valence-electron chi connectivity index (χ4n) is 2.34. The highest BCUT2D eigenvalue weighted by molar-refractivity contribution is 6.42. The van der Waals surface area contributed by atoms with Crippen LogP contribution in [0.4, 0.5) is 0 Å². The summed E-state index contributed by atoms with van der Waals surface area (Å²) >= 11 is 18.1. The predicted octanol–water partition coefficient (Wildman–Crippen LogP) is 4.45. The van der Waals surface area contributed by atoms with Gasteiger partial charge in [0.25, 0.3) is 0 Å². The van der Waals surface area contributed by atoms with Crippen molar-refractivity contribution in [1.82, 2.24) is 9.55 Å². The Morgan fingerprint density at radius 3 is 2.48 bits per heavy atom. The van der Waals surface area contributed by atoms with E-state index < -0.39 is 6.04 Å². The Kier molecular flexibility index (Phi) is 5.02. The van der Waals surface area contributed by atoms with Gasteiger partial charge < -0.3 is 9.30 Å². The number of ether oxygens (including phenoxy) is 1. The maximum Gasteiger partial charge on any atom is 0.329 e. The Hall–Kier alpha value is -0.970. The van der Waals surface area contributed by atoms with Gasteiger partial charge in [0.2, 0.25) is 0 Å². The SMILES string of the molecule is COC(=O)C(C(C)C)n1c(CCl)nc2cc(Cl)c(Cl)cc21. The summed E-state index contributed by atoms with van der Waals surface area (Å²) in [5, 5.41) is 0.813. The van der Waals surface area contributed by atoms with E-state index >= 15 is 0 Å². The molecule has 1 atom stereocenters. The van der Waals surface area contributed by atoms with Crippen molar-refractivity contribution >= 4 is 51.8 Å². The van der Waals surface area contributed by atoms with Crippen LogP contribution in [0, 0.1) is 5.92 Å². The smallest absolute Gasteiger partial charge is 0.329 e. The lowest BCUT2D eigenvalue weighted by Crippen LogP contribution is -2.27. The molecule has 21 heavy (non-hydrogen) atoms. The number of alkyl halides is 1. The minimum absolute atomic E-state index is 0.00581. The summed E-state index contributed by atoms with van der Waals surface area (Å²) in [6.07, 6.45) is 0. The quantitative estimate of drug-likeness (QED) is 0.605.